The average Bonchev–Trinajstić information content (AvgIpc) is 2.83. The number of anilines is 1. The first-order valence-electron chi connectivity index (χ1n) is 10.8. The number of methoxy groups -OCH3 is 1. The molecule has 0 saturated heterocycles. The number of halogens is 1. The highest BCUT2D eigenvalue weighted by molar-refractivity contribution is 14.1. The van der Waals surface area contributed by atoms with Crippen LogP contribution in [-0.2, 0) is 4.79 Å². The van der Waals surface area contributed by atoms with Gasteiger partial charge in [-0.3, -0.25) is 9.59 Å². The third kappa shape index (κ3) is 7.71. The van der Waals surface area contributed by atoms with Gasteiger partial charge in [0.15, 0.2) is 18.1 Å². The summed E-state index contributed by atoms with van der Waals surface area (Å²) in [4.78, 5) is 24.7. The van der Waals surface area contributed by atoms with Crippen molar-refractivity contribution in [2.75, 3.05) is 25.6 Å². The van der Waals surface area contributed by atoms with E-state index in [9.17, 15) is 9.59 Å². The third-order valence-electron chi connectivity index (χ3n) is 4.69. The summed E-state index contributed by atoms with van der Waals surface area (Å²) >= 11 is 2.11. The van der Waals surface area contributed by atoms with Crippen molar-refractivity contribution in [3.8, 4) is 17.2 Å². The van der Waals surface area contributed by atoms with Crippen molar-refractivity contribution in [3.05, 3.63) is 80.9 Å². The highest BCUT2D eigenvalue weighted by atomic mass is 127. The van der Waals surface area contributed by atoms with Gasteiger partial charge < -0.3 is 19.5 Å². The Morgan fingerprint density at radius 1 is 1.06 bits per heavy atom. The van der Waals surface area contributed by atoms with Crippen molar-refractivity contribution in [3.63, 3.8) is 0 Å². The number of nitrogens with one attached hydrogen (secondary N) is 2. The van der Waals surface area contributed by atoms with E-state index >= 15 is 0 Å². The van der Waals surface area contributed by atoms with Gasteiger partial charge in [-0.1, -0.05) is 18.2 Å². The number of hydrogen-bond donors (Lipinski definition) is 2. The Balaban J connectivity index is 1.66. The predicted molar refractivity (Wildman–Crippen MR) is 144 cm³/mol. The van der Waals surface area contributed by atoms with Gasteiger partial charge in [0.2, 0.25) is 0 Å². The molecule has 0 bridgehead atoms. The molecule has 0 spiro atoms. The molecule has 9 heteroatoms. The molecule has 3 aromatic rings. The molecule has 0 heterocycles. The summed E-state index contributed by atoms with van der Waals surface area (Å²) in [5.41, 5.74) is 5.38. The fourth-order valence-electron chi connectivity index (χ4n) is 3.12. The second kappa shape index (κ2) is 12.7. The Hall–Kier alpha value is -3.60. The van der Waals surface area contributed by atoms with Gasteiger partial charge in [-0.2, -0.15) is 5.10 Å². The second-order valence-corrected chi connectivity index (χ2v) is 8.56. The Kier molecular flexibility index (Phi) is 9.47. The molecule has 0 unspecified atom stereocenters. The standard InChI is InChI=1S/C26H26IN3O5/c1-4-34-23-13-18(15-28-30-26(32)19-8-6-10-21(14-19)33-3)12-22(27)25(23)35-16-24(31)29-20-9-5-7-17(2)11-20/h5-15H,4,16H2,1-3H3,(H,29,31)(H,30,32)/b28-15+. The van der Waals surface area contributed by atoms with Gasteiger partial charge in [0, 0.05) is 11.3 Å². The molecule has 3 aromatic carbocycles. The van der Waals surface area contributed by atoms with E-state index < -0.39 is 0 Å². The summed E-state index contributed by atoms with van der Waals surface area (Å²) in [6, 6.07) is 17.9. The number of aryl methyl sites for hydroxylation is 1. The topological polar surface area (TPSA) is 98.2 Å². The number of rotatable bonds is 10. The zero-order valence-electron chi connectivity index (χ0n) is 19.6. The number of hydrazone groups is 1. The lowest BCUT2D eigenvalue weighted by molar-refractivity contribution is -0.118. The normalized spacial score (nSPS) is 10.6. The first-order valence-corrected chi connectivity index (χ1v) is 11.9. The van der Waals surface area contributed by atoms with Gasteiger partial charge in [-0.05, 0) is 90.0 Å². The molecule has 8 nitrogen and oxygen atoms in total. The van der Waals surface area contributed by atoms with Gasteiger partial charge in [0.1, 0.15) is 5.75 Å². The SMILES string of the molecule is CCOc1cc(/C=N/NC(=O)c2cccc(OC)c2)cc(I)c1OCC(=O)Nc1cccc(C)c1. The number of ether oxygens (including phenoxy) is 3. The molecule has 35 heavy (non-hydrogen) atoms. The largest absolute Gasteiger partial charge is 0.497 e. The lowest BCUT2D eigenvalue weighted by Gasteiger charge is -2.14. The molecular formula is C26H26IN3O5. The maximum Gasteiger partial charge on any atom is 0.271 e. The van der Waals surface area contributed by atoms with Crippen LogP contribution in [0.2, 0.25) is 0 Å². The Morgan fingerprint density at radius 3 is 2.60 bits per heavy atom. The molecule has 0 radical (unpaired) electrons. The molecule has 0 aliphatic carbocycles. The predicted octanol–water partition coefficient (Wildman–Crippen LogP) is 4.79. The van der Waals surface area contributed by atoms with Crippen LogP contribution in [0.3, 0.4) is 0 Å². The summed E-state index contributed by atoms with van der Waals surface area (Å²) in [7, 11) is 1.54. The molecule has 0 atom stereocenters. The zero-order chi connectivity index (χ0) is 25.2. The lowest BCUT2D eigenvalue weighted by Crippen LogP contribution is -2.20. The number of hydrogen-bond acceptors (Lipinski definition) is 6. The molecule has 2 N–H and O–H groups in total. The third-order valence-corrected chi connectivity index (χ3v) is 5.49. The fourth-order valence-corrected chi connectivity index (χ4v) is 3.90. The van der Waals surface area contributed by atoms with E-state index in [4.69, 9.17) is 14.2 Å². The lowest BCUT2D eigenvalue weighted by atomic mass is 10.2. The van der Waals surface area contributed by atoms with Crippen molar-refractivity contribution in [1.82, 2.24) is 5.43 Å². The zero-order valence-corrected chi connectivity index (χ0v) is 21.8. The molecule has 0 aliphatic rings. The van der Waals surface area contributed by atoms with Crippen LogP contribution < -0.4 is 25.0 Å². The molecule has 0 saturated carbocycles. The Morgan fingerprint density at radius 2 is 1.86 bits per heavy atom. The summed E-state index contributed by atoms with van der Waals surface area (Å²) in [5.74, 6) is 0.882. The molecule has 0 aromatic heterocycles. The summed E-state index contributed by atoms with van der Waals surface area (Å²) < 4.78 is 17.4. The molecule has 0 aliphatic heterocycles. The van der Waals surface area contributed by atoms with E-state index in [1.54, 1.807) is 30.3 Å². The number of carbonyl (C=O) groups is 2. The fraction of sp³-hybridized carbons (Fsp3) is 0.192. The highest BCUT2D eigenvalue weighted by Gasteiger charge is 2.14. The maximum absolute atomic E-state index is 12.4. The van der Waals surface area contributed by atoms with Crippen LogP contribution in [0.4, 0.5) is 5.69 Å². The highest BCUT2D eigenvalue weighted by Crippen LogP contribution is 2.34. The van der Waals surface area contributed by atoms with Gasteiger partial charge in [0.05, 0.1) is 23.5 Å². The van der Waals surface area contributed by atoms with Crippen LogP contribution in [0.25, 0.3) is 0 Å². The molecule has 2 amide bonds. The van der Waals surface area contributed by atoms with Gasteiger partial charge in [0.25, 0.3) is 11.8 Å². The van der Waals surface area contributed by atoms with E-state index in [1.165, 1.54) is 13.3 Å². The van der Waals surface area contributed by atoms with E-state index in [0.29, 0.717) is 40.7 Å². The van der Waals surface area contributed by atoms with Crippen molar-refractivity contribution < 1.29 is 23.8 Å². The van der Waals surface area contributed by atoms with Crippen LogP contribution in [0.15, 0.2) is 65.8 Å². The Bertz CT molecular complexity index is 1230. The summed E-state index contributed by atoms with van der Waals surface area (Å²) in [6.45, 7) is 4.05. The smallest absolute Gasteiger partial charge is 0.271 e. The van der Waals surface area contributed by atoms with Crippen molar-refractivity contribution in [2.45, 2.75) is 13.8 Å². The number of benzene rings is 3. The van der Waals surface area contributed by atoms with Gasteiger partial charge in [-0.15, -0.1) is 0 Å². The van der Waals surface area contributed by atoms with E-state index in [1.807, 2.05) is 44.2 Å². The van der Waals surface area contributed by atoms with Gasteiger partial charge >= 0.3 is 0 Å². The van der Waals surface area contributed by atoms with Gasteiger partial charge in [-0.25, -0.2) is 5.43 Å². The van der Waals surface area contributed by atoms with E-state index in [2.05, 4.69) is 38.4 Å². The second-order valence-electron chi connectivity index (χ2n) is 7.40. The van der Waals surface area contributed by atoms with Crippen LogP contribution in [-0.4, -0.2) is 38.4 Å². The number of amides is 2. The Labute approximate surface area is 217 Å². The first-order chi connectivity index (χ1) is 16.9. The monoisotopic (exact) mass is 587 g/mol. The van der Waals surface area contributed by atoms with Crippen molar-refractivity contribution >= 4 is 46.3 Å². The number of nitrogens with zero attached hydrogens (tertiary/aromatic N) is 1. The molecule has 3 rings (SSSR count). The van der Waals surface area contributed by atoms with Crippen LogP contribution in [0.1, 0.15) is 28.4 Å². The minimum absolute atomic E-state index is 0.173. The summed E-state index contributed by atoms with van der Waals surface area (Å²) in [6.07, 6.45) is 1.51. The van der Waals surface area contributed by atoms with Crippen LogP contribution in [0, 0.1) is 10.5 Å². The average molecular weight is 587 g/mol. The van der Waals surface area contributed by atoms with E-state index in [0.717, 1.165) is 9.13 Å². The maximum atomic E-state index is 12.4. The first kappa shape index (κ1) is 26.0. The van der Waals surface area contributed by atoms with Crippen LogP contribution in [0.5, 0.6) is 17.2 Å². The van der Waals surface area contributed by atoms with E-state index in [-0.39, 0.29) is 18.4 Å². The quantitative estimate of drug-likeness (QED) is 0.202. The minimum Gasteiger partial charge on any atom is -0.497 e. The van der Waals surface area contributed by atoms with Crippen LogP contribution >= 0.6 is 22.6 Å². The number of carbonyl (C=O) groups excluding carboxylic acids is 2. The van der Waals surface area contributed by atoms with Crippen molar-refractivity contribution in [2.24, 2.45) is 5.10 Å². The van der Waals surface area contributed by atoms with Crippen molar-refractivity contribution in [1.29, 1.82) is 0 Å². The minimum atomic E-state index is -0.362. The summed E-state index contributed by atoms with van der Waals surface area (Å²) in [5, 5.41) is 6.86. The molecular weight excluding hydrogens is 561 g/mol. The molecule has 182 valence electrons. The molecule has 0 fully saturated rings.